The number of aryl methyl sites for hydroxylation is 1. The number of benzene rings is 2. The minimum absolute atomic E-state index is 0.240. The first-order chi connectivity index (χ1) is 15.3. The normalized spacial score (nSPS) is 15.3. The van der Waals surface area contributed by atoms with Gasteiger partial charge in [-0.1, -0.05) is 29.3 Å². The third-order valence-electron chi connectivity index (χ3n) is 5.88. The van der Waals surface area contributed by atoms with E-state index in [1.165, 1.54) is 34.3 Å². The van der Waals surface area contributed by atoms with Crippen LogP contribution in [-0.4, -0.2) is 44.5 Å². The number of hydrogen-bond acceptors (Lipinski definition) is 3. The molecular formula is C24H27Cl2N3O2S. The van der Waals surface area contributed by atoms with Crippen molar-refractivity contribution in [3.8, 4) is 0 Å². The third kappa shape index (κ3) is 5.38. The highest BCUT2D eigenvalue weighted by molar-refractivity contribution is 7.89. The van der Waals surface area contributed by atoms with E-state index in [-0.39, 0.29) is 4.90 Å². The number of hydrogen-bond donors (Lipinski definition) is 2. The van der Waals surface area contributed by atoms with E-state index in [0.29, 0.717) is 11.6 Å². The molecule has 1 aliphatic rings. The Labute approximate surface area is 199 Å². The lowest BCUT2D eigenvalue weighted by Gasteiger charge is -2.26. The van der Waals surface area contributed by atoms with Gasteiger partial charge in [-0.2, -0.15) is 0 Å². The maximum Gasteiger partial charge on any atom is 0.240 e. The van der Waals surface area contributed by atoms with Gasteiger partial charge < -0.3 is 4.98 Å². The molecule has 0 radical (unpaired) electrons. The van der Waals surface area contributed by atoms with Crippen LogP contribution in [0.2, 0.25) is 10.0 Å². The number of halogens is 2. The van der Waals surface area contributed by atoms with E-state index in [4.69, 9.17) is 23.2 Å². The molecule has 2 aromatic carbocycles. The van der Waals surface area contributed by atoms with Crippen LogP contribution in [0.25, 0.3) is 16.5 Å². The highest BCUT2D eigenvalue weighted by Crippen LogP contribution is 2.33. The van der Waals surface area contributed by atoms with Crippen LogP contribution in [0.1, 0.15) is 30.5 Å². The number of sulfonamides is 1. The number of fused-ring (bicyclic) bond motifs is 1. The van der Waals surface area contributed by atoms with E-state index in [0.717, 1.165) is 49.4 Å². The van der Waals surface area contributed by atoms with Crippen molar-refractivity contribution in [2.24, 2.45) is 0 Å². The first-order valence-electron chi connectivity index (χ1n) is 10.8. The average Bonchev–Trinajstić information content (AvgIpc) is 3.09. The molecule has 0 bridgehead atoms. The van der Waals surface area contributed by atoms with Gasteiger partial charge in [0.1, 0.15) is 0 Å². The minimum Gasteiger partial charge on any atom is -0.358 e. The lowest BCUT2D eigenvalue weighted by molar-refractivity contribution is 0.295. The Bertz CT molecular complexity index is 1230. The van der Waals surface area contributed by atoms with Crippen LogP contribution in [0.3, 0.4) is 0 Å². The van der Waals surface area contributed by atoms with E-state index >= 15 is 0 Å². The summed E-state index contributed by atoms with van der Waals surface area (Å²) in [5.74, 6) is 0. The second kappa shape index (κ2) is 9.98. The van der Waals surface area contributed by atoms with Crippen LogP contribution in [0.4, 0.5) is 0 Å². The van der Waals surface area contributed by atoms with Crippen molar-refractivity contribution in [1.82, 2.24) is 14.6 Å². The SMILES string of the molecule is Cc1[nH]c2ccc(Cl)cc2c1C1=CCN(CCCCNS(=O)(=O)c2ccc(Cl)cc2)CC1. The number of H-pyrrole nitrogens is 1. The Morgan fingerprint density at radius 3 is 2.53 bits per heavy atom. The molecule has 0 saturated carbocycles. The van der Waals surface area contributed by atoms with Crippen LogP contribution >= 0.6 is 23.2 Å². The molecule has 5 nitrogen and oxygen atoms in total. The predicted molar refractivity (Wildman–Crippen MR) is 133 cm³/mol. The smallest absolute Gasteiger partial charge is 0.240 e. The van der Waals surface area contributed by atoms with Gasteiger partial charge in [0.15, 0.2) is 0 Å². The second-order valence-corrected chi connectivity index (χ2v) is 10.8. The zero-order valence-corrected chi connectivity index (χ0v) is 20.3. The first-order valence-corrected chi connectivity index (χ1v) is 13.0. The Kier molecular flexibility index (Phi) is 7.27. The van der Waals surface area contributed by atoms with Crippen LogP contribution in [0, 0.1) is 6.92 Å². The quantitative estimate of drug-likeness (QED) is 0.401. The van der Waals surface area contributed by atoms with Gasteiger partial charge in [0.05, 0.1) is 4.90 Å². The van der Waals surface area contributed by atoms with E-state index in [9.17, 15) is 8.42 Å². The van der Waals surface area contributed by atoms with Gasteiger partial charge in [-0.05, 0) is 80.8 Å². The van der Waals surface area contributed by atoms with Crippen molar-refractivity contribution in [3.05, 3.63) is 69.8 Å². The van der Waals surface area contributed by atoms with Crippen molar-refractivity contribution in [2.45, 2.75) is 31.1 Å². The number of aromatic nitrogens is 1. The highest BCUT2D eigenvalue weighted by atomic mass is 35.5. The van der Waals surface area contributed by atoms with Gasteiger partial charge in [0, 0.05) is 51.8 Å². The first kappa shape index (κ1) is 23.3. The Hall–Kier alpha value is -1.83. The Balaban J connectivity index is 1.26. The zero-order valence-electron chi connectivity index (χ0n) is 18.0. The van der Waals surface area contributed by atoms with Crippen molar-refractivity contribution in [2.75, 3.05) is 26.2 Å². The summed E-state index contributed by atoms with van der Waals surface area (Å²) in [6, 6.07) is 12.2. The van der Waals surface area contributed by atoms with Crippen LogP contribution < -0.4 is 4.72 Å². The van der Waals surface area contributed by atoms with Crippen molar-refractivity contribution in [1.29, 1.82) is 0 Å². The molecule has 1 aliphatic heterocycles. The van der Waals surface area contributed by atoms with Gasteiger partial charge in [0.25, 0.3) is 0 Å². The molecule has 0 unspecified atom stereocenters. The second-order valence-electron chi connectivity index (χ2n) is 8.15. The minimum atomic E-state index is -3.48. The van der Waals surface area contributed by atoms with Crippen LogP contribution in [0.15, 0.2) is 53.4 Å². The number of unbranched alkanes of at least 4 members (excludes halogenated alkanes) is 1. The maximum atomic E-state index is 12.3. The Morgan fingerprint density at radius 1 is 1.06 bits per heavy atom. The lowest BCUT2D eigenvalue weighted by Crippen LogP contribution is -2.30. The molecule has 32 heavy (non-hydrogen) atoms. The zero-order chi connectivity index (χ0) is 22.7. The molecule has 170 valence electrons. The van der Waals surface area contributed by atoms with Crippen molar-refractivity contribution >= 4 is 49.7 Å². The van der Waals surface area contributed by atoms with Crippen molar-refractivity contribution < 1.29 is 8.42 Å². The van der Waals surface area contributed by atoms with Gasteiger partial charge in [-0.3, -0.25) is 4.90 Å². The average molecular weight is 492 g/mol. The van der Waals surface area contributed by atoms with E-state index in [2.05, 4.69) is 27.6 Å². The van der Waals surface area contributed by atoms with Gasteiger partial charge in [0.2, 0.25) is 10.0 Å². The molecule has 0 atom stereocenters. The number of rotatable bonds is 8. The molecule has 2 heterocycles. The monoisotopic (exact) mass is 491 g/mol. The fourth-order valence-electron chi connectivity index (χ4n) is 4.22. The van der Waals surface area contributed by atoms with Gasteiger partial charge in [-0.15, -0.1) is 0 Å². The molecule has 0 saturated heterocycles. The topological polar surface area (TPSA) is 65.2 Å². The molecule has 0 aliphatic carbocycles. The summed E-state index contributed by atoms with van der Waals surface area (Å²) in [5, 5.41) is 2.46. The summed E-state index contributed by atoms with van der Waals surface area (Å²) in [6.07, 6.45) is 5.03. The molecule has 1 aromatic heterocycles. The standard InChI is InChI=1S/C24H27Cl2N3O2S/c1-17-24(22-16-20(26)6-9-23(22)28-17)18-10-14-29(15-11-18)13-3-2-12-27-32(30,31)21-7-4-19(25)5-8-21/h4-10,16,27-28H,2-3,11-15H2,1H3. The molecule has 0 spiro atoms. The van der Waals surface area contributed by atoms with Gasteiger partial charge in [-0.25, -0.2) is 13.1 Å². The fraction of sp³-hybridized carbons (Fsp3) is 0.333. The lowest BCUT2D eigenvalue weighted by atomic mass is 9.96. The number of nitrogens with zero attached hydrogens (tertiary/aromatic N) is 1. The number of nitrogens with one attached hydrogen (secondary N) is 2. The molecular weight excluding hydrogens is 465 g/mol. The summed E-state index contributed by atoms with van der Waals surface area (Å²) in [7, 11) is -3.48. The summed E-state index contributed by atoms with van der Waals surface area (Å²) >= 11 is 12.1. The van der Waals surface area contributed by atoms with E-state index < -0.39 is 10.0 Å². The fourth-order valence-corrected chi connectivity index (χ4v) is 5.59. The molecule has 8 heteroatoms. The third-order valence-corrected chi connectivity index (χ3v) is 7.84. The summed E-state index contributed by atoms with van der Waals surface area (Å²) < 4.78 is 27.3. The molecule has 0 amide bonds. The molecule has 4 rings (SSSR count). The van der Waals surface area contributed by atoms with Crippen molar-refractivity contribution in [3.63, 3.8) is 0 Å². The van der Waals surface area contributed by atoms with Gasteiger partial charge >= 0.3 is 0 Å². The summed E-state index contributed by atoms with van der Waals surface area (Å²) in [4.78, 5) is 6.11. The van der Waals surface area contributed by atoms with Crippen LogP contribution in [0.5, 0.6) is 0 Å². The highest BCUT2D eigenvalue weighted by Gasteiger charge is 2.18. The van der Waals surface area contributed by atoms with Crippen LogP contribution in [-0.2, 0) is 10.0 Å². The largest absolute Gasteiger partial charge is 0.358 e. The van der Waals surface area contributed by atoms with E-state index in [1.807, 2.05) is 18.2 Å². The van der Waals surface area contributed by atoms with E-state index in [1.54, 1.807) is 12.1 Å². The molecule has 3 aromatic rings. The molecule has 2 N–H and O–H groups in total. The number of aromatic amines is 1. The summed E-state index contributed by atoms with van der Waals surface area (Å²) in [6.45, 7) is 5.38. The molecule has 0 fully saturated rings. The summed E-state index contributed by atoms with van der Waals surface area (Å²) in [5.41, 5.74) is 4.93. The predicted octanol–water partition coefficient (Wildman–Crippen LogP) is 5.63. The maximum absolute atomic E-state index is 12.3. The Morgan fingerprint density at radius 2 is 1.81 bits per heavy atom.